The van der Waals surface area contributed by atoms with Crippen LogP contribution in [0.5, 0.6) is 11.5 Å². The minimum absolute atomic E-state index is 0.174. The highest BCUT2D eigenvalue weighted by Gasteiger charge is 2.48. The highest BCUT2D eigenvalue weighted by molar-refractivity contribution is 9.10. The van der Waals surface area contributed by atoms with Crippen LogP contribution < -0.4 is 14.8 Å². The van der Waals surface area contributed by atoms with Crippen molar-refractivity contribution in [3.63, 3.8) is 0 Å². The molecule has 7 heteroatoms. The van der Waals surface area contributed by atoms with Gasteiger partial charge >= 0.3 is 6.03 Å². The Balaban J connectivity index is 2.32. The van der Waals surface area contributed by atoms with Crippen LogP contribution in [-0.4, -0.2) is 36.6 Å². The Hall–Kier alpha value is -1.76. The molecule has 23 heavy (non-hydrogen) atoms. The number of carbonyl (C=O) groups is 2. The topological polar surface area (TPSA) is 67.9 Å². The number of nitrogens with one attached hydrogen (secondary N) is 1. The van der Waals surface area contributed by atoms with Crippen LogP contribution in [0.4, 0.5) is 4.79 Å². The van der Waals surface area contributed by atoms with Gasteiger partial charge in [0.25, 0.3) is 5.91 Å². The van der Waals surface area contributed by atoms with Gasteiger partial charge in [0.15, 0.2) is 11.5 Å². The van der Waals surface area contributed by atoms with Gasteiger partial charge in [0, 0.05) is 4.47 Å². The number of methoxy groups -OCH3 is 2. The molecule has 0 aliphatic carbocycles. The van der Waals surface area contributed by atoms with Crippen molar-refractivity contribution in [2.24, 2.45) is 0 Å². The van der Waals surface area contributed by atoms with Crippen LogP contribution in [0.25, 0.3) is 0 Å². The molecular formula is C16H21BrN2O4. The van der Waals surface area contributed by atoms with E-state index in [9.17, 15) is 9.59 Å². The van der Waals surface area contributed by atoms with E-state index >= 15 is 0 Å². The van der Waals surface area contributed by atoms with Crippen molar-refractivity contribution < 1.29 is 19.1 Å². The minimum Gasteiger partial charge on any atom is -0.493 e. The van der Waals surface area contributed by atoms with E-state index in [1.165, 1.54) is 4.90 Å². The van der Waals surface area contributed by atoms with Crippen molar-refractivity contribution in [2.75, 3.05) is 14.2 Å². The molecule has 2 rings (SSSR count). The van der Waals surface area contributed by atoms with Crippen LogP contribution in [0, 0.1) is 0 Å². The number of benzene rings is 1. The third-order valence-electron chi connectivity index (χ3n) is 4.33. The molecule has 0 unspecified atom stereocenters. The zero-order valence-electron chi connectivity index (χ0n) is 13.7. The Morgan fingerprint density at radius 1 is 1.13 bits per heavy atom. The van der Waals surface area contributed by atoms with Crippen molar-refractivity contribution in [2.45, 2.75) is 38.8 Å². The Bertz CT molecular complexity index is 629. The van der Waals surface area contributed by atoms with E-state index in [4.69, 9.17) is 9.47 Å². The SMILES string of the molecule is CCC1(CC)NC(=O)N(Cc2cc(OC)c(OC)cc2Br)C1=O. The van der Waals surface area contributed by atoms with Crippen LogP contribution in [0.15, 0.2) is 16.6 Å². The second kappa shape index (κ2) is 6.78. The van der Waals surface area contributed by atoms with E-state index in [1.54, 1.807) is 26.4 Å². The summed E-state index contributed by atoms with van der Waals surface area (Å²) in [5.74, 6) is 0.945. The summed E-state index contributed by atoms with van der Waals surface area (Å²) in [4.78, 5) is 26.1. The third-order valence-corrected chi connectivity index (χ3v) is 5.07. The van der Waals surface area contributed by atoms with Gasteiger partial charge in [-0.3, -0.25) is 9.69 Å². The maximum atomic E-state index is 12.7. The van der Waals surface area contributed by atoms with Gasteiger partial charge in [0.05, 0.1) is 20.8 Å². The average Bonchev–Trinajstić information content (AvgIpc) is 2.80. The largest absolute Gasteiger partial charge is 0.493 e. The van der Waals surface area contributed by atoms with Crippen molar-refractivity contribution >= 4 is 27.9 Å². The van der Waals surface area contributed by atoms with Crippen LogP contribution in [-0.2, 0) is 11.3 Å². The van der Waals surface area contributed by atoms with Gasteiger partial charge in [0.1, 0.15) is 5.54 Å². The van der Waals surface area contributed by atoms with Gasteiger partial charge in [-0.25, -0.2) is 4.79 Å². The van der Waals surface area contributed by atoms with Gasteiger partial charge in [0.2, 0.25) is 0 Å². The molecule has 1 aliphatic heterocycles. The first-order chi connectivity index (χ1) is 10.9. The number of amides is 3. The zero-order chi connectivity index (χ0) is 17.2. The normalized spacial score (nSPS) is 16.5. The van der Waals surface area contributed by atoms with Crippen LogP contribution in [0.1, 0.15) is 32.3 Å². The highest BCUT2D eigenvalue weighted by Crippen LogP contribution is 2.35. The van der Waals surface area contributed by atoms with E-state index in [2.05, 4.69) is 21.2 Å². The molecule has 0 radical (unpaired) electrons. The van der Waals surface area contributed by atoms with E-state index in [-0.39, 0.29) is 18.5 Å². The number of rotatable bonds is 6. The van der Waals surface area contributed by atoms with Gasteiger partial charge in [-0.05, 0) is 30.5 Å². The monoisotopic (exact) mass is 384 g/mol. The van der Waals surface area contributed by atoms with Gasteiger partial charge in [-0.15, -0.1) is 0 Å². The number of halogens is 1. The summed E-state index contributed by atoms with van der Waals surface area (Å²) in [5.41, 5.74) is -0.0192. The van der Waals surface area contributed by atoms with E-state index in [0.29, 0.717) is 24.3 Å². The Kier molecular flexibility index (Phi) is 5.19. The van der Waals surface area contributed by atoms with Crippen LogP contribution >= 0.6 is 15.9 Å². The molecule has 1 heterocycles. The second-order valence-electron chi connectivity index (χ2n) is 5.41. The molecule has 0 spiro atoms. The molecule has 3 amide bonds. The maximum Gasteiger partial charge on any atom is 0.325 e. The maximum absolute atomic E-state index is 12.7. The van der Waals surface area contributed by atoms with E-state index in [0.717, 1.165) is 10.0 Å². The lowest BCUT2D eigenvalue weighted by atomic mass is 9.93. The third kappa shape index (κ3) is 3.02. The number of hydrogen-bond acceptors (Lipinski definition) is 4. The van der Waals surface area contributed by atoms with Crippen molar-refractivity contribution in [1.82, 2.24) is 10.2 Å². The number of hydrogen-bond donors (Lipinski definition) is 1. The standard InChI is InChI=1S/C16H21BrN2O4/c1-5-16(6-2)14(20)19(15(21)18-16)9-10-7-12(22-3)13(23-4)8-11(10)17/h7-8H,5-6,9H2,1-4H3,(H,18,21). The molecule has 1 saturated heterocycles. The zero-order valence-corrected chi connectivity index (χ0v) is 15.3. The predicted octanol–water partition coefficient (Wildman–Crippen LogP) is 3.08. The number of urea groups is 1. The quantitative estimate of drug-likeness (QED) is 0.765. The summed E-state index contributed by atoms with van der Waals surface area (Å²) in [6.45, 7) is 3.97. The lowest BCUT2D eigenvalue weighted by Crippen LogP contribution is -2.45. The van der Waals surface area contributed by atoms with Crippen LogP contribution in [0.3, 0.4) is 0 Å². The lowest BCUT2D eigenvalue weighted by molar-refractivity contribution is -0.132. The average molecular weight is 385 g/mol. The highest BCUT2D eigenvalue weighted by atomic mass is 79.9. The first kappa shape index (κ1) is 17.6. The molecule has 1 fully saturated rings. The molecule has 1 aromatic carbocycles. The Morgan fingerprint density at radius 3 is 2.17 bits per heavy atom. The molecule has 1 aliphatic rings. The molecule has 6 nitrogen and oxygen atoms in total. The fraction of sp³-hybridized carbons (Fsp3) is 0.500. The fourth-order valence-corrected chi connectivity index (χ4v) is 3.18. The predicted molar refractivity (Wildman–Crippen MR) is 89.6 cm³/mol. The molecule has 0 saturated carbocycles. The molecule has 0 bridgehead atoms. The summed E-state index contributed by atoms with van der Waals surface area (Å²) < 4.78 is 11.3. The van der Waals surface area contributed by atoms with Crippen molar-refractivity contribution in [3.8, 4) is 11.5 Å². The van der Waals surface area contributed by atoms with Gasteiger partial charge in [-0.2, -0.15) is 0 Å². The molecule has 1 aromatic rings. The number of imide groups is 1. The molecule has 1 N–H and O–H groups in total. The summed E-state index contributed by atoms with van der Waals surface area (Å²) in [7, 11) is 3.10. The summed E-state index contributed by atoms with van der Waals surface area (Å²) in [6.07, 6.45) is 1.13. The first-order valence-electron chi connectivity index (χ1n) is 7.46. The fourth-order valence-electron chi connectivity index (χ4n) is 2.74. The van der Waals surface area contributed by atoms with Crippen LogP contribution in [0.2, 0.25) is 0 Å². The number of nitrogens with zero attached hydrogens (tertiary/aromatic N) is 1. The first-order valence-corrected chi connectivity index (χ1v) is 8.26. The Morgan fingerprint density at radius 2 is 1.70 bits per heavy atom. The second-order valence-corrected chi connectivity index (χ2v) is 6.26. The molecule has 126 valence electrons. The summed E-state index contributed by atoms with van der Waals surface area (Å²) in [5, 5.41) is 2.82. The lowest BCUT2D eigenvalue weighted by Gasteiger charge is -2.23. The number of ether oxygens (including phenoxy) is 2. The van der Waals surface area contributed by atoms with Gasteiger partial charge < -0.3 is 14.8 Å². The Labute approximate surface area is 144 Å². The summed E-state index contributed by atoms with van der Waals surface area (Å²) >= 11 is 3.46. The minimum atomic E-state index is -0.792. The van der Waals surface area contributed by atoms with E-state index in [1.807, 2.05) is 13.8 Å². The molecule has 0 atom stereocenters. The molecular weight excluding hydrogens is 364 g/mol. The van der Waals surface area contributed by atoms with E-state index < -0.39 is 5.54 Å². The summed E-state index contributed by atoms with van der Waals surface area (Å²) in [6, 6.07) is 3.17. The number of carbonyl (C=O) groups excluding carboxylic acids is 2. The smallest absolute Gasteiger partial charge is 0.325 e. The van der Waals surface area contributed by atoms with Crippen molar-refractivity contribution in [1.29, 1.82) is 0 Å². The molecule has 0 aromatic heterocycles. The van der Waals surface area contributed by atoms with Gasteiger partial charge in [-0.1, -0.05) is 29.8 Å². The van der Waals surface area contributed by atoms with Crippen molar-refractivity contribution in [3.05, 3.63) is 22.2 Å².